The predicted molar refractivity (Wildman–Crippen MR) is 103 cm³/mol. The van der Waals surface area contributed by atoms with Crippen LogP contribution < -0.4 is 5.48 Å². The molecule has 3 rings (SSSR count). The number of carbonyl (C=O) groups is 2. The van der Waals surface area contributed by atoms with Crippen LogP contribution in [0.1, 0.15) is 25.0 Å². The Kier molecular flexibility index (Phi) is 5.25. The number of benzene rings is 2. The van der Waals surface area contributed by atoms with E-state index in [4.69, 9.17) is 9.47 Å². The summed E-state index contributed by atoms with van der Waals surface area (Å²) in [5, 5.41) is 21.6. The third-order valence-electron chi connectivity index (χ3n) is 4.69. The zero-order valence-corrected chi connectivity index (χ0v) is 15.8. The fourth-order valence-electron chi connectivity index (χ4n) is 3.22. The number of hydrogen-bond acceptors (Lipinski definition) is 8. The second-order valence-corrected chi connectivity index (χ2v) is 7.34. The topological polar surface area (TPSA) is 131 Å². The van der Waals surface area contributed by atoms with Crippen LogP contribution in [0.15, 0.2) is 48.5 Å². The molecule has 0 aliphatic carbocycles. The first-order chi connectivity index (χ1) is 13.6. The minimum absolute atomic E-state index is 0.0170. The highest BCUT2D eigenvalue weighted by Crippen LogP contribution is 2.38. The molecule has 2 aromatic rings. The molecule has 9 nitrogen and oxygen atoms in total. The van der Waals surface area contributed by atoms with Crippen molar-refractivity contribution >= 4 is 23.3 Å². The van der Waals surface area contributed by atoms with E-state index >= 15 is 0 Å². The standard InChI is InChI=1S/C20H19N2O7/c1-19(2)28-17(23)20(18(24)29-19,11-13-3-7-15(21-25)8-4-13)12-14-5-9-16(10-6-14)22(26)27/h3-10,21H,11-12H2,1-2H3/q-1. The maximum Gasteiger partial charge on any atom is 0.327 e. The van der Waals surface area contributed by atoms with Crippen LogP contribution in [-0.2, 0) is 31.9 Å². The molecule has 152 valence electrons. The number of nitro groups is 1. The molecule has 0 radical (unpaired) electrons. The Bertz CT molecular complexity index is 916. The fraction of sp³-hybridized carbons (Fsp3) is 0.300. The maximum atomic E-state index is 13.0. The number of non-ortho nitro benzene ring substituents is 1. The molecule has 0 saturated carbocycles. The number of nitrogens with zero attached hydrogens (tertiary/aromatic N) is 1. The van der Waals surface area contributed by atoms with Crippen LogP contribution >= 0.6 is 0 Å². The summed E-state index contributed by atoms with van der Waals surface area (Å²) in [6.45, 7) is 2.93. The van der Waals surface area contributed by atoms with E-state index in [1.54, 1.807) is 17.6 Å². The van der Waals surface area contributed by atoms with Gasteiger partial charge in [0.2, 0.25) is 0 Å². The average Bonchev–Trinajstić information content (AvgIpc) is 2.66. The summed E-state index contributed by atoms with van der Waals surface area (Å²) < 4.78 is 10.7. The summed E-state index contributed by atoms with van der Waals surface area (Å²) in [7, 11) is 0. The van der Waals surface area contributed by atoms with E-state index in [1.165, 1.54) is 50.2 Å². The third-order valence-corrected chi connectivity index (χ3v) is 4.69. The highest BCUT2D eigenvalue weighted by atomic mass is 16.7. The van der Waals surface area contributed by atoms with Gasteiger partial charge in [-0.15, -0.1) is 0 Å². The molecule has 0 unspecified atom stereocenters. The summed E-state index contributed by atoms with van der Waals surface area (Å²) in [4.78, 5) is 36.2. The van der Waals surface area contributed by atoms with E-state index < -0.39 is 28.1 Å². The van der Waals surface area contributed by atoms with Crippen molar-refractivity contribution in [1.29, 1.82) is 0 Å². The Labute approximate surface area is 166 Å². The van der Waals surface area contributed by atoms with Gasteiger partial charge < -0.3 is 20.2 Å². The molecule has 0 atom stereocenters. The zero-order chi connectivity index (χ0) is 21.2. The number of rotatable bonds is 6. The van der Waals surface area contributed by atoms with Gasteiger partial charge in [-0.25, -0.2) is 0 Å². The lowest BCUT2D eigenvalue weighted by atomic mass is 9.75. The van der Waals surface area contributed by atoms with Crippen LogP contribution in [0.5, 0.6) is 0 Å². The average molecular weight is 399 g/mol. The lowest BCUT2D eigenvalue weighted by molar-refractivity contribution is -0.384. The molecular weight excluding hydrogens is 380 g/mol. The van der Waals surface area contributed by atoms with Crippen molar-refractivity contribution in [3.8, 4) is 0 Å². The Balaban J connectivity index is 1.97. The molecule has 0 spiro atoms. The quantitative estimate of drug-likeness (QED) is 0.339. The van der Waals surface area contributed by atoms with Gasteiger partial charge in [-0.2, -0.15) is 0 Å². The number of anilines is 1. The molecule has 1 N–H and O–H groups in total. The van der Waals surface area contributed by atoms with Gasteiger partial charge in [0.1, 0.15) is 0 Å². The zero-order valence-electron chi connectivity index (χ0n) is 15.8. The molecule has 1 saturated heterocycles. The Hall–Kier alpha value is -3.46. The van der Waals surface area contributed by atoms with Gasteiger partial charge in [0.15, 0.2) is 5.41 Å². The van der Waals surface area contributed by atoms with Gasteiger partial charge in [0.05, 0.1) is 4.92 Å². The van der Waals surface area contributed by atoms with E-state index in [2.05, 4.69) is 0 Å². The summed E-state index contributed by atoms with van der Waals surface area (Å²) in [6.07, 6.45) is -0.0723. The van der Waals surface area contributed by atoms with E-state index in [0.29, 0.717) is 16.8 Å². The number of nitrogens with one attached hydrogen (secondary N) is 1. The van der Waals surface area contributed by atoms with Crippen molar-refractivity contribution in [1.82, 2.24) is 0 Å². The number of esters is 2. The van der Waals surface area contributed by atoms with Crippen LogP contribution in [0, 0.1) is 20.7 Å². The monoisotopic (exact) mass is 399 g/mol. The molecular formula is C20H19N2O7-. The normalized spacial score (nSPS) is 17.2. The minimum Gasteiger partial charge on any atom is -0.761 e. The van der Waals surface area contributed by atoms with Gasteiger partial charge in [0.25, 0.3) is 11.5 Å². The largest absolute Gasteiger partial charge is 0.761 e. The van der Waals surface area contributed by atoms with E-state index in [9.17, 15) is 24.9 Å². The van der Waals surface area contributed by atoms with Crippen molar-refractivity contribution in [2.24, 2.45) is 5.41 Å². The third kappa shape index (κ3) is 4.19. The van der Waals surface area contributed by atoms with Gasteiger partial charge in [-0.3, -0.25) is 19.7 Å². The summed E-state index contributed by atoms with van der Waals surface area (Å²) >= 11 is 0. The Morgan fingerprint density at radius 2 is 1.34 bits per heavy atom. The molecule has 29 heavy (non-hydrogen) atoms. The van der Waals surface area contributed by atoms with E-state index in [0.717, 1.165) is 0 Å². The predicted octanol–water partition coefficient (Wildman–Crippen LogP) is 3.11. The van der Waals surface area contributed by atoms with Crippen LogP contribution in [0.3, 0.4) is 0 Å². The number of hydrogen-bond donors (Lipinski definition) is 1. The van der Waals surface area contributed by atoms with Gasteiger partial charge in [-0.1, -0.05) is 24.3 Å². The fourth-order valence-corrected chi connectivity index (χ4v) is 3.22. The highest BCUT2D eigenvalue weighted by Gasteiger charge is 2.56. The molecule has 1 fully saturated rings. The number of nitro benzene ring substituents is 1. The van der Waals surface area contributed by atoms with Gasteiger partial charge >= 0.3 is 11.9 Å². The van der Waals surface area contributed by atoms with Crippen molar-refractivity contribution in [3.05, 3.63) is 75.0 Å². The van der Waals surface area contributed by atoms with Crippen molar-refractivity contribution in [2.45, 2.75) is 32.5 Å². The van der Waals surface area contributed by atoms with Gasteiger partial charge in [0, 0.05) is 31.7 Å². The van der Waals surface area contributed by atoms with Crippen molar-refractivity contribution in [3.63, 3.8) is 0 Å². The van der Waals surface area contributed by atoms with Crippen molar-refractivity contribution < 1.29 is 24.0 Å². The number of carbonyl (C=O) groups excluding carboxylic acids is 2. The lowest BCUT2D eigenvalue weighted by Gasteiger charge is -2.40. The van der Waals surface area contributed by atoms with Crippen molar-refractivity contribution in [2.75, 3.05) is 5.48 Å². The number of ether oxygens (including phenoxy) is 2. The van der Waals surface area contributed by atoms with Crippen LogP contribution in [0.4, 0.5) is 11.4 Å². The molecule has 1 aliphatic heterocycles. The maximum absolute atomic E-state index is 13.0. The van der Waals surface area contributed by atoms with Crippen LogP contribution in [0.2, 0.25) is 0 Å². The van der Waals surface area contributed by atoms with Crippen LogP contribution in [0.25, 0.3) is 0 Å². The SMILES string of the molecule is CC1(C)OC(=O)C(Cc2ccc(N[O-])cc2)(Cc2ccc([N+](=O)[O-])cc2)C(=O)O1. The Morgan fingerprint density at radius 1 is 0.897 bits per heavy atom. The first-order valence-electron chi connectivity index (χ1n) is 8.82. The van der Waals surface area contributed by atoms with Gasteiger partial charge in [-0.05, 0) is 36.1 Å². The first-order valence-corrected chi connectivity index (χ1v) is 8.82. The molecule has 0 aromatic heterocycles. The van der Waals surface area contributed by atoms with E-state index in [1.807, 2.05) is 0 Å². The summed E-state index contributed by atoms with van der Waals surface area (Å²) in [5.41, 5.74) is 1.52. The summed E-state index contributed by atoms with van der Waals surface area (Å²) in [5.74, 6) is -2.85. The van der Waals surface area contributed by atoms with Crippen LogP contribution in [-0.4, -0.2) is 22.6 Å². The molecule has 1 aliphatic rings. The minimum atomic E-state index is -1.65. The summed E-state index contributed by atoms with van der Waals surface area (Å²) in [6, 6.07) is 11.9. The molecule has 1 heterocycles. The smallest absolute Gasteiger partial charge is 0.327 e. The molecule has 0 bridgehead atoms. The Morgan fingerprint density at radius 3 is 1.76 bits per heavy atom. The highest BCUT2D eigenvalue weighted by molar-refractivity contribution is 6.02. The number of cyclic esters (lactones) is 2. The second-order valence-electron chi connectivity index (χ2n) is 7.34. The second kappa shape index (κ2) is 7.51. The molecule has 2 aromatic carbocycles. The lowest BCUT2D eigenvalue weighted by Crippen LogP contribution is -2.56. The molecule has 0 amide bonds. The first kappa shape index (κ1) is 20.3. The van der Waals surface area contributed by atoms with E-state index in [-0.39, 0.29) is 18.5 Å². The molecule has 9 heteroatoms.